The van der Waals surface area contributed by atoms with Crippen LogP contribution in [0.5, 0.6) is 0 Å². The maximum absolute atomic E-state index is 11.7. The van der Waals surface area contributed by atoms with Gasteiger partial charge in [-0.2, -0.15) is 0 Å². The zero-order valence-electron chi connectivity index (χ0n) is 10.3. The van der Waals surface area contributed by atoms with Crippen molar-refractivity contribution in [2.24, 2.45) is 0 Å². The average Bonchev–Trinajstić information content (AvgIpc) is 2.39. The highest BCUT2D eigenvalue weighted by atomic mass is 32.2. The third kappa shape index (κ3) is 2.58. The summed E-state index contributed by atoms with van der Waals surface area (Å²) >= 11 is 0. The van der Waals surface area contributed by atoms with Gasteiger partial charge in [0.1, 0.15) is 0 Å². The molecule has 6 nitrogen and oxygen atoms in total. The molecular weight excluding hydrogens is 252 g/mol. The van der Waals surface area contributed by atoms with Gasteiger partial charge < -0.3 is 16.0 Å². The molecule has 100 valence electrons. The lowest BCUT2D eigenvalue weighted by Crippen LogP contribution is -2.43. The number of sulfonamides is 1. The van der Waals surface area contributed by atoms with Gasteiger partial charge in [0.05, 0.1) is 16.3 Å². The van der Waals surface area contributed by atoms with Crippen LogP contribution in [0.15, 0.2) is 23.1 Å². The lowest BCUT2D eigenvalue weighted by Gasteiger charge is -2.30. The molecule has 2 rings (SSSR count). The number of nitrogens with zero attached hydrogens (tertiary/aromatic N) is 1. The molecule has 0 atom stereocenters. The Morgan fingerprint density at radius 3 is 2.56 bits per heavy atom. The second kappa shape index (κ2) is 5.13. The van der Waals surface area contributed by atoms with Crippen LogP contribution in [0, 0.1) is 0 Å². The number of rotatable bonds is 3. The molecule has 0 unspecified atom stereocenters. The molecule has 1 heterocycles. The van der Waals surface area contributed by atoms with E-state index >= 15 is 0 Å². The Balaban J connectivity index is 2.30. The number of piperazine rings is 1. The van der Waals surface area contributed by atoms with E-state index in [1.807, 2.05) is 0 Å². The van der Waals surface area contributed by atoms with E-state index in [-0.39, 0.29) is 4.90 Å². The van der Waals surface area contributed by atoms with Crippen LogP contribution in [0.4, 0.5) is 11.4 Å². The summed E-state index contributed by atoms with van der Waals surface area (Å²) in [4.78, 5) is 2.35. The van der Waals surface area contributed by atoms with E-state index < -0.39 is 10.0 Å². The van der Waals surface area contributed by atoms with Crippen molar-refractivity contribution in [2.75, 3.05) is 43.9 Å². The molecule has 0 amide bonds. The molecule has 1 aromatic rings. The first-order chi connectivity index (χ1) is 8.54. The molecule has 0 radical (unpaired) electrons. The minimum absolute atomic E-state index is 0.196. The number of nitrogens with two attached hydrogens (primary N) is 1. The summed E-state index contributed by atoms with van der Waals surface area (Å²) in [6.45, 7) is 3.58. The van der Waals surface area contributed by atoms with Crippen molar-refractivity contribution in [1.82, 2.24) is 10.0 Å². The first-order valence-corrected chi connectivity index (χ1v) is 7.31. The van der Waals surface area contributed by atoms with Gasteiger partial charge in [-0.05, 0) is 25.2 Å². The molecule has 0 aliphatic carbocycles. The number of nitrogens with one attached hydrogen (secondary N) is 2. The lowest BCUT2D eigenvalue weighted by atomic mass is 10.2. The molecule has 0 spiro atoms. The predicted octanol–water partition coefficient (Wildman–Crippen LogP) is -0.413. The van der Waals surface area contributed by atoms with Crippen molar-refractivity contribution < 1.29 is 8.42 Å². The molecule has 7 heteroatoms. The number of hydrogen-bond acceptors (Lipinski definition) is 5. The zero-order valence-corrected chi connectivity index (χ0v) is 11.1. The summed E-state index contributed by atoms with van der Waals surface area (Å²) in [7, 11) is -2.04. The first kappa shape index (κ1) is 13.1. The number of nitrogen functional groups attached to an aromatic ring is 1. The molecule has 1 fully saturated rings. The molecule has 4 N–H and O–H groups in total. The zero-order chi connectivity index (χ0) is 13.2. The van der Waals surface area contributed by atoms with E-state index in [0.29, 0.717) is 5.69 Å². The van der Waals surface area contributed by atoms with Crippen LogP contribution >= 0.6 is 0 Å². The third-order valence-corrected chi connectivity index (χ3v) is 4.45. The summed E-state index contributed by atoms with van der Waals surface area (Å²) < 4.78 is 25.6. The van der Waals surface area contributed by atoms with Crippen molar-refractivity contribution in [3.05, 3.63) is 18.2 Å². The summed E-state index contributed by atoms with van der Waals surface area (Å²) in [6, 6.07) is 4.85. The van der Waals surface area contributed by atoms with Crippen LogP contribution in [0.1, 0.15) is 0 Å². The summed E-state index contributed by atoms with van der Waals surface area (Å²) in [5.41, 5.74) is 7.34. The second-order valence-electron chi connectivity index (χ2n) is 4.17. The van der Waals surface area contributed by atoms with Crippen LogP contribution in [0.2, 0.25) is 0 Å². The topological polar surface area (TPSA) is 87.5 Å². The Bertz CT molecular complexity index is 524. The van der Waals surface area contributed by atoms with Gasteiger partial charge in [0.2, 0.25) is 10.0 Å². The Hall–Kier alpha value is -1.31. The average molecular weight is 270 g/mol. The van der Waals surface area contributed by atoms with Gasteiger partial charge in [-0.3, -0.25) is 0 Å². The minimum Gasteiger partial charge on any atom is -0.397 e. The van der Waals surface area contributed by atoms with Crippen LogP contribution in [0.25, 0.3) is 0 Å². The normalized spacial score (nSPS) is 16.8. The van der Waals surface area contributed by atoms with Crippen molar-refractivity contribution in [3.63, 3.8) is 0 Å². The lowest BCUT2D eigenvalue weighted by molar-refractivity contribution is 0.586. The van der Waals surface area contributed by atoms with Crippen molar-refractivity contribution >= 4 is 21.4 Å². The fraction of sp³-hybridized carbons (Fsp3) is 0.455. The van der Waals surface area contributed by atoms with Crippen molar-refractivity contribution in [2.45, 2.75) is 4.90 Å². The van der Waals surface area contributed by atoms with Gasteiger partial charge in [0.15, 0.2) is 0 Å². The maximum Gasteiger partial charge on any atom is 0.240 e. The van der Waals surface area contributed by atoms with Crippen molar-refractivity contribution in [1.29, 1.82) is 0 Å². The molecule has 1 aliphatic heterocycles. The van der Waals surface area contributed by atoms with Gasteiger partial charge in [-0.1, -0.05) is 0 Å². The van der Waals surface area contributed by atoms with Crippen LogP contribution < -0.4 is 20.7 Å². The second-order valence-corrected chi connectivity index (χ2v) is 6.05. The maximum atomic E-state index is 11.7. The van der Waals surface area contributed by atoms with E-state index in [2.05, 4.69) is 14.9 Å². The Morgan fingerprint density at radius 2 is 2.00 bits per heavy atom. The van der Waals surface area contributed by atoms with E-state index in [0.717, 1.165) is 31.9 Å². The van der Waals surface area contributed by atoms with Gasteiger partial charge in [0.25, 0.3) is 0 Å². The fourth-order valence-electron chi connectivity index (χ4n) is 2.01. The van der Waals surface area contributed by atoms with Gasteiger partial charge >= 0.3 is 0 Å². The molecular formula is C11H18N4O2S. The van der Waals surface area contributed by atoms with Gasteiger partial charge in [-0.25, -0.2) is 13.1 Å². The predicted molar refractivity (Wildman–Crippen MR) is 72.2 cm³/mol. The molecule has 0 saturated carbocycles. The standard InChI is InChI=1S/C11H18N4O2S/c1-13-18(16,17)9-2-3-11(10(12)8-9)15-6-4-14-5-7-15/h2-3,8,13-14H,4-7,12H2,1H3. The minimum atomic E-state index is -3.43. The highest BCUT2D eigenvalue weighted by Gasteiger charge is 2.17. The molecule has 1 aliphatic rings. The first-order valence-electron chi connectivity index (χ1n) is 5.83. The Kier molecular flexibility index (Phi) is 3.74. The Morgan fingerprint density at radius 1 is 1.33 bits per heavy atom. The van der Waals surface area contributed by atoms with Gasteiger partial charge in [0, 0.05) is 26.2 Å². The van der Waals surface area contributed by atoms with Gasteiger partial charge in [-0.15, -0.1) is 0 Å². The molecule has 0 aromatic heterocycles. The molecule has 1 saturated heterocycles. The smallest absolute Gasteiger partial charge is 0.240 e. The van der Waals surface area contributed by atoms with E-state index in [4.69, 9.17) is 5.73 Å². The van der Waals surface area contributed by atoms with Crippen molar-refractivity contribution in [3.8, 4) is 0 Å². The molecule has 18 heavy (non-hydrogen) atoms. The Labute approximate surface area is 107 Å². The highest BCUT2D eigenvalue weighted by molar-refractivity contribution is 7.89. The van der Waals surface area contributed by atoms with Crippen LogP contribution in [-0.4, -0.2) is 41.6 Å². The van der Waals surface area contributed by atoms with E-state index in [1.165, 1.54) is 13.1 Å². The third-order valence-electron chi connectivity index (χ3n) is 3.04. The number of anilines is 2. The van der Waals surface area contributed by atoms with E-state index in [9.17, 15) is 8.42 Å². The van der Waals surface area contributed by atoms with E-state index in [1.54, 1.807) is 12.1 Å². The molecule has 0 bridgehead atoms. The van der Waals surface area contributed by atoms with Crippen LogP contribution in [-0.2, 0) is 10.0 Å². The van der Waals surface area contributed by atoms with Crippen LogP contribution in [0.3, 0.4) is 0 Å². The summed E-state index contributed by atoms with van der Waals surface area (Å²) in [5.74, 6) is 0. The monoisotopic (exact) mass is 270 g/mol. The SMILES string of the molecule is CNS(=O)(=O)c1ccc(N2CCNCC2)c(N)c1. The fourth-order valence-corrected chi connectivity index (χ4v) is 2.78. The highest BCUT2D eigenvalue weighted by Crippen LogP contribution is 2.26. The largest absolute Gasteiger partial charge is 0.397 e. The molecule has 1 aromatic carbocycles. The number of hydrogen-bond donors (Lipinski definition) is 3. The number of benzene rings is 1. The summed E-state index contributed by atoms with van der Waals surface area (Å²) in [5, 5.41) is 3.26. The quantitative estimate of drug-likeness (QED) is 0.650. The summed E-state index contributed by atoms with van der Waals surface area (Å²) in [6.07, 6.45) is 0.